The summed E-state index contributed by atoms with van der Waals surface area (Å²) in [4.78, 5) is 16.6. The van der Waals surface area contributed by atoms with Gasteiger partial charge in [0.1, 0.15) is 5.82 Å². The number of likely N-dealkylation sites (tertiary alicyclic amines) is 2. The Balaban J connectivity index is 1.52. The number of halogens is 1. The van der Waals surface area contributed by atoms with Crippen LogP contribution in [0.5, 0.6) is 0 Å². The number of ether oxygens (including phenoxy) is 1. The van der Waals surface area contributed by atoms with Crippen molar-refractivity contribution in [1.29, 1.82) is 0 Å². The molecule has 0 saturated carbocycles. The lowest BCUT2D eigenvalue weighted by atomic mass is 9.72. The van der Waals surface area contributed by atoms with E-state index in [1.54, 1.807) is 19.2 Å². The summed E-state index contributed by atoms with van der Waals surface area (Å²) in [7, 11) is 1.70. The van der Waals surface area contributed by atoms with Crippen molar-refractivity contribution in [2.24, 2.45) is 5.41 Å². The van der Waals surface area contributed by atoms with Gasteiger partial charge in [0, 0.05) is 39.8 Å². The highest BCUT2D eigenvalue weighted by molar-refractivity contribution is 5.77. The molecular formula is C20H29FN2O2. The summed E-state index contributed by atoms with van der Waals surface area (Å²) in [5, 5.41) is 0. The van der Waals surface area contributed by atoms with Crippen molar-refractivity contribution in [2.75, 3.05) is 39.9 Å². The highest BCUT2D eigenvalue weighted by Crippen LogP contribution is 2.40. The fourth-order valence-electron chi connectivity index (χ4n) is 4.19. The van der Waals surface area contributed by atoms with E-state index in [4.69, 9.17) is 4.74 Å². The van der Waals surface area contributed by atoms with Crippen molar-refractivity contribution in [3.05, 3.63) is 35.6 Å². The Morgan fingerprint density at radius 2 is 2.04 bits per heavy atom. The highest BCUT2D eigenvalue weighted by Gasteiger charge is 2.40. The zero-order chi connectivity index (χ0) is 17.7. The Bertz CT molecular complexity index is 585. The molecule has 2 aliphatic heterocycles. The first-order valence-corrected chi connectivity index (χ1v) is 9.34. The smallest absolute Gasteiger partial charge is 0.222 e. The molecule has 2 aliphatic rings. The second-order valence-electron chi connectivity index (χ2n) is 7.57. The van der Waals surface area contributed by atoms with Crippen LogP contribution < -0.4 is 0 Å². The first-order chi connectivity index (χ1) is 12.1. The lowest BCUT2D eigenvalue weighted by Gasteiger charge is -2.47. The summed E-state index contributed by atoms with van der Waals surface area (Å²) >= 11 is 0. The summed E-state index contributed by atoms with van der Waals surface area (Å²) in [6, 6.07) is 6.89. The van der Waals surface area contributed by atoms with Crippen LogP contribution in [0.15, 0.2) is 24.3 Å². The molecule has 1 spiro atoms. The van der Waals surface area contributed by atoms with Crippen LogP contribution in [0.3, 0.4) is 0 Å². The van der Waals surface area contributed by atoms with E-state index in [9.17, 15) is 9.18 Å². The Hall–Kier alpha value is -1.46. The maximum atomic E-state index is 13.3. The van der Waals surface area contributed by atoms with Gasteiger partial charge in [-0.25, -0.2) is 4.39 Å². The van der Waals surface area contributed by atoms with Crippen LogP contribution in [0.4, 0.5) is 4.39 Å². The van der Waals surface area contributed by atoms with Crippen LogP contribution in [0, 0.1) is 11.2 Å². The zero-order valence-electron chi connectivity index (χ0n) is 15.2. The van der Waals surface area contributed by atoms with Gasteiger partial charge in [0.15, 0.2) is 0 Å². The summed E-state index contributed by atoms with van der Waals surface area (Å²) < 4.78 is 18.5. The number of benzene rings is 1. The van der Waals surface area contributed by atoms with E-state index in [0.717, 1.165) is 64.0 Å². The van der Waals surface area contributed by atoms with Crippen LogP contribution in [0.25, 0.3) is 0 Å². The number of rotatable bonds is 6. The molecule has 0 atom stereocenters. The van der Waals surface area contributed by atoms with Gasteiger partial charge in [0.2, 0.25) is 5.91 Å². The van der Waals surface area contributed by atoms with Crippen LogP contribution in [-0.2, 0) is 16.1 Å². The number of hydrogen-bond acceptors (Lipinski definition) is 3. The van der Waals surface area contributed by atoms with E-state index < -0.39 is 0 Å². The molecule has 0 aromatic heterocycles. The van der Waals surface area contributed by atoms with Gasteiger partial charge in [-0.3, -0.25) is 9.69 Å². The molecule has 1 aromatic rings. The minimum Gasteiger partial charge on any atom is -0.385 e. The number of carbonyl (C=O) groups excluding carboxylic acids is 1. The highest BCUT2D eigenvalue weighted by atomic mass is 19.1. The lowest BCUT2D eigenvalue weighted by molar-refractivity contribution is -0.139. The number of carbonyl (C=O) groups is 1. The van der Waals surface area contributed by atoms with Crippen LogP contribution in [0.2, 0.25) is 0 Å². The molecule has 25 heavy (non-hydrogen) atoms. The standard InChI is InChI=1S/C20H29FN2O2/c1-25-13-3-10-23-16-20(7-6-19(23)24)8-11-22(12-9-20)15-17-4-2-5-18(21)14-17/h2,4-5,14H,3,6-13,15-16H2,1H3. The zero-order valence-corrected chi connectivity index (χ0v) is 15.2. The van der Waals surface area contributed by atoms with Gasteiger partial charge in [-0.1, -0.05) is 12.1 Å². The molecule has 0 N–H and O–H groups in total. The molecule has 138 valence electrons. The van der Waals surface area contributed by atoms with E-state index in [2.05, 4.69) is 4.90 Å². The van der Waals surface area contributed by atoms with Gasteiger partial charge in [-0.05, 0) is 61.9 Å². The normalized spacial score (nSPS) is 21.0. The average molecular weight is 348 g/mol. The molecule has 3 rings (SSSR count). The number of hydrogen-bond donors (Lipinski definition) is 0. The van der Waals surface area contributed by atoms with E-state index in [1.807, 2.05) is 11.0 Å². The van der Waals surface area contributed by atoms with Crippen molar-refractivity contribution < 1.29 is 13.9 Å². The van der Waals surface area contributed by atoms with Gasteiger partial charge >= 0.3 is 0 Å². The number of methoxy groups -OCH3 is 1. The van der Waals surface area contributed by atoms with Gasteiger partial charge in [-0.15, -0.1) is 0 Å². The van der Waals surface area contributed by atoms with E-state index in [-0.39, 0.29) is 11.2 Å². The number of piperidine rings is 2. The monoisotopic (exact) mass is 348 g/mol. The van der Waals surface area contributed by atoms with Gasteiger partial charge in [0.25, 0.3) is 0 Å². The van der Waals surface area contributed by atoms with Gasteiger partial charge in [0.05, 0.1) is 0 Å². The molecule has 5 heteroatoms. The van der Waals surface area contributed by atoms with Crippen molar-refractivity contribution >= 4 is 5.91 Å². The second-order valence-corrected chi connectivity index (χ2v) is 7.57. The molecule has 1 aromatic carbocycles. The van der Waals surface area contributed by atoms with E-state index in [1.165, 1.54) is 6.07 Å². The molecule has 0 bridgehead atoms. The maximum absolute atomic E-state index is 13.3. The minimum absolute atomic E-state index is 0.163. The first-order valence-electron chi connectivity index (χ1n) is 9.34. The molecular weight excluding hydrogens is 319 g/mol. The fourth-order valence-corrected chi connectivity index (χ4v) is 4.19. The minimum atomic E-state index is -0.163. The molecule has 0 unspecified atom stereocenters. The SMILES string of the molecule is COCCCN1CC2(CCC1=O)CCN(Cc1cccc(F)c1)CC2. The second kappa shape index (κ2) is 8.28. The number of amides is 1. The number of nitrogens with zero attached hydrogens (tertiary/aromatic N) is 2. The molecule has 0 aliphatic carbocycles. The van der Waals surface area contributed by atoms with Crippen molar-refractivity contribution in [3.63, 3.8) is 0 Å². The Morgan fingerprint density at radius 3 is 2.76 bits per heavy atom. The van der Waals surface area contributed by atoms with Crippen LogP contribution >= 0.6 is 0 Å². The van der Waals surface area contributed by atoms with Crippen molar-refractivity contribution in [2.45, 2.75) is 38.6 Å². The first kappa shape index (κ1) is 18.3. The van der Waals surface area contributed by atoms with Crippen molar-refractivity contribution in [1.82, 2.24) is 9.80 Å². The van der Waals surface area contributed by atoms with Crippen LogP contribution in [0.1, 0.15) is 37.7 Å². The Morgan fingerprint density at radius 1 is 1.24 bits per heavy atom. The Kier molecular flexibility index (Phi) is 6.07. The average Bonchev–Trinajstić information content (AvgIpc) is 2.61. The topological polar surface area (TPSA) is 32.8 Å². The summed E-state index contributed by atoms with van der Waals surface area (Å²) in [6.45, 7) is 5.26. The lowest BCUT2D eigenvalue weighted by Crippen LogP contribution is -2.51. The largest absolute Gasteiger partial charge is 0.385 e. The summed E-state index contributed by atoms with van der Waals surface area (Å²) in [5.41, 5.74) is 1.32. The van der Waals surface area contributed by atoms with E-state index >= 15 is 0 Å². The Labute approximate surface area is 149 Å². The van der Waals surface area contributed by atoms with Crippen molar-refractivity contribution in [3.8, 4) is 0 Å². The molecule has 2 fully saturated rings. The van der Waals surface area contributed by atoms with Gasteiger partial charge < -0.3 is 9.64 Å². The predicted octanol–water partition coefficient (Wildman–Crippen LogP) is 3.07. The summed E-state index contributed by atoms with van der Waals surface area (Å²) in [5.74, 6) is 0.132. The molecule has 0 radical (unpaired) electrons. The molecule has 1 amide bonds. The fraction of sp³-hybridized carbons (Fsp3) is 0.650. The van der Waals surface area contributed by atoms with Gasteiger partial charge in [-0.2, -0.15) is 0 Å². The summed E-state index contributed by atoms with van der Waals surface area (Å²) in [6.07, 6.45) is 4.84. The quantitative estimate of drug-likeness (QED) is 0.741. The third kappa shape index (κ3) is 4.79. The predicted molar refractivity (Wildman–Crippen MR) is 95.7 cm³/mol. The molecule has 4 nitrogen and oxygen atoms in total. The van der Waals surface area contributed by atoms with Crippen LogP contribution in [-0.4, -0.2) is 55.6 Å². The third-order valence-electron chi connectivity index (χ3n) is 5.74. The third-order valence-corrected chi connectivity index (χ3v) is 5.74. The van der Waals surface area contributed by atoms with E-state index in [0.29, 0.717) is 18.9 Å². The molecule has 2 heterocycles. The maximum Gasteiger partial charge on any atom is 0.222 e. The molecule has 2 saturated heterocycles.